The third kappa shape index (κ3) is 3.27. The largest absolute Gasteiger partial charge is 0.322 e. The van der Waals surface area contributed by atoms with Crippen LogP contribution in [0.2, 0.25) is 5.02 Å². The van der Waals surface area contributed by atoms with Gasteiger partial charge in [0.2, 0.25) is 0 Å². The van der Waals surface area contributed by atoms with Gasteiger partial charge in [-0.15, -0.1) is 0 Å². The molecule has 1 heterocycles. The SMILES string of the molecule is CCc1ccc(Cl)c(CC)c1NC(=O)N1CCc2ccccc2C1. The number of amides is 2. The third-order valence-electron chi connectivity index (χ3n) is 4.73. The van der Waals surface area contributed by atoms with Crippen molar-refractivity contribution >= 4 is 23.3 Å². The van der Waals surface area contributed by atoms with Gasteiger partial charge in [0.1, 0.15) is 0 Å². The Kier molecular flexibility index (Phi) is 5.10. The summed E-state index contributed by atoms with van der Waals surface area (Å²) in [6, 6.07) is 12.2. The molecular weight excluding hydrogens is 320 g/mol. The molecule has 0 aromatic heterocycles. The third-order valence-corrected chi connectivity index (χ3v) is 5.08. The predicted octanol–water partition coefficient (Wildman–Crippen LogP) is 5.06. The van der Waals surface area contributed by atoms with Gasteiger partial charge in [-0.1, -0.05) is 55.8 Å². The molecule has 0 saturated heterocycles. The lowest BCUT2D eigenvalue weighted by Gasteiger charge is -2.29. The first kappa shape index (κ1) is 16.8. The highest BCUT2D eigenvalue weighted by Crippen LogP contribution is 2.30. The number of carbonyl (C=O) groups is 1. The van der Waals surface area contributed by atoms with E-state index in [0.29, 0.717) is 11.6 Å². The second kappa shape index (κ2) is 7.27. The highest BCUT2D eigenvalue weighted by atomic mass is 35.5. The fourth-order valence-corrected chi connectivity index (χ4v) is 3.61. The van der Waals surface area contributed by atoms with E-state index in [0.717, 1.165) is 42.6 Å². The van der Waals surface area contributed by atoms with E-state index in [1.807, 2.05) is 23.1 Å². The Labute approximate surface area is 148 Å². The zero-order chi connectivity index (χ0) is 17.1. The maximum Gasteiger partial charge on any atom is 0.322 e. The van der Waals surface area contributed by atoms with E-state index >= 15 is 0 Å². The first-order chi connectivity index (χ1) is 11.6. The molecule has 24 heavy (non-hydrogen) atoms. The van der Waals surface area contributed by atoms with Crippen LogP contribution in [-0.4, -0.2) is 17.5 Å². The van der Waals surface area contributed by atoms with Crippen molar-refractivity contribution in [2.24, 2.45) is 0 Å². The van der Waals surface area contributed by atoms with Crippen molar-refractivity contribution in [1.82, 2.24) is 4.90 Å². The highest BCUT2D eigenvalue weighted by Gasteiger charge is 2.22. The molecule has 0 radical (unpaired) electrons. The number of urea groups is 1. The van der Waals surface area contributed by atoms with Gasteiger partial charge in [-0.05, 0) is 47.6 Å². The van der Waals surface area contributed by atoms with Crippen molar-refractivity contribution in [1.29, 1.82) is 0 Å². The molecule has 0 fully saturated rings. The summed E-state index contributed by atoms with van der Waals surface area (Å²) in [5.41, 5.74) is 5.60. The molecule has 2 aromatic carbocycles. The number of nitrogens with one attached hydrogen (secondary N) is 1. The van der Waals surface area contributed by atoms with Crippen molar-refractivity contribution in [3.8, 4) is 0 Å². The molecule has 126 valence electrons. The fraction of sp³-hybridized carbons (Fsp3) is 0.350. The molecule has 2 amide bonds. The molecule has 1 aliphatic heterocycles. The van der Waals surface area contributed by atoms with Crippen LogP contribution >= 0.6 is 11.6 Å². The van der Waals surface area contributed by atoms with E-state index in [9.17, 15) is 4.79 Å². The van der Waals surface area contributed by atoms with Crippen LogP contribution in [-0.2, 0) is 25.8 Å². The average Bonchev–Trinajstić information content (AvgIpc) is 2.61. The van der Waals surface area contributed by atoms with Crippen LogP contribution in [0.5, 0.6) is 0 Å². The summed E-state index contributed by atoms with van der Waals surface area (Å²) in [6.45, 7) is 5.56. The number of benzene rings is 2. The van der Waals surface area contributed by atoms with Crippen molar-refractivity contribution < 1.29 is 4.79 Å². The highest BCUT2D eigenvalue weighted by molar-refractivity contribution is 6.32. The minimum absolute atomic E-state index is 0.0452. The Morgan fingerprint density at radius 2 is 1.88 bits per heavy atom. The first-order valence-corrected chi connectivity index (χ1v) is 8.94. The summed E-state index contributed by atoms with van der Waals surface area (Å²) >= 11 is 6.33. The number of carbonyl (C=O) groups excluding carboxylic acids is 1. The van der Waals surface area contributed by atoms with Gasteiger partial charge < -0.3 is 10.2 Å². The molecule has 0 atom stereocenters. The molecular formula is C20H23ClN2O. The maximum atomic E-state index is 12.8. The van der Waals surface area contributed by atoms with E-state index in [4.69, 9.17) is 11.6 Å². The number of anilines is 1. The van der Waals surface area contributed by atoms with Crippen LogP contribution in [0, 0.1) is 0 Å². The van der Waals surface area contributed by atoms with E-state index in [2.05, 4.69) is 37.4 Å². The molecule has 0 unspecified atom stereocenters. The Bertz CT molecular complexity index is 757. The van der Waals surface area contributed by atoms with Gasteiger partial charge in [-0.2, -0.15) is 0 Å². The van der Waals surface area contributed by atoms with Gasteiger partial charge in [-0.3, -0.25) is 0 Å². The minimum Gasteiger partial charge on any atom is -0.320 e. The van der Waals surface area contributed by atoms with Gasteiger partial charge in [0.25, 0.3) is 0 Å². The fourth-order valence-electron chi connectivity index (χ4n) is 3.32. The maximum absolute atomic E-state index is 12.8. The second-order valence-corrected chi connectivity index (χ2v) is 6.54. The Morgan fingerprint density at radius 3 is 2.58 bits per heavy atom. The quantitative estimate of drug-likeness (QED) is 0.831. The van der Waals surface area contributed by atoms with Crippen molar-refractivity contribution in [2.75, 3.05) is 11.9 Å². The monoisotopic (exact) mass is 342 g/mol. The summed E-state index contributed by atoms with van der Waals surface area (Å²) < 4.78 is 0. The van der Waals surface area contributed by atoms with Crippen molar-refractivity contribution in [3.05, 3.63) is 63.7 Å². The van der Waals surface area contributed by atoms with Crippen LogP contribution < -0.4 is 5.32 Å². The first-order valence-electron chi connectivity index (χ1n) is 8.57. The summed E-state index contributed by atoms with van der Waals surface area (Å²) in [5, 5.41) is 3.84. The van der Waals surface area contributed by atoms with E-state index in [-0.39, 0.29) is 6.03 Å². The smallest absolute Gasteiger partial charge is 0.320 e. The molecule has 3 rings (SSSR count). The van der Waals surface area contributed by atoms with Gasteiger partial charge in [0, 0.05) is 18.1 Å². The van der Waals surface area contributed by atoms with Crippen LogP contribution in [0.25, 0.3) is 0 Å². The molecule has 0 aliphatic carbocycles. The topological polar surface area (TPSA) is 32.3 Å². The Morgan fingerprint density at radius 1 is 1.12 bits per heavy atom. The van der Waals surface area contributed by atoms with Crippen LogP contribution in [0.15, 0.2) is 36.4 Å². The number of fused-ring (bicyclic) bond motifs is 1. The van der Waals surface area contributed by atoms with Gasteiger partial charge >= 0.3 is 6.03 Å². The van der Waals surface area contributed by atoms with E-state index < -0.39 is 0 Å². The average molecular weight is 343 g/mol. The van der Waals surface area contributed by atoms with Gasteiger partial charge in [-0.25, -0.2) is 4.79 Å². The van der Waals surface area contributed by atoms with E-state index in [1.165, 1.54) is 11.1 Å². The molecule has 2 aromatic rings. The van der Waals surface area contributed by atoms with Crippen LogP contribution in [0.1, 0.15) is 36.1 Å². The zero-order valence-corrected chi connectivity index (χ0v) is 15.0. The minimum atomic E-state index is -0.0452. The van der Waals surface area contributed by atoms with Gasteiger partial charge in [0.15, 0.2) is 0 Å². The molecule has 1 N–H and O–H groups in total. The number of hydrogen-bond acceptors (Lipinski definition) is 1. The lowest BCUT2D eigenvalue weighted by atomic mass is 10.00. The summed E-state index contributed by atoms with van der Waals surface area (Å²) in [5.74, 6) is 0. The molecule has 3 nitrogen and oxygen atoms in total. The lowest BCUT2D eigenvalue weighted by Crippen LogP contribution is -2.39. The molecule has 1 aliphatic rings. The predicted molar refractivity (Wildman–Crippen MR) is 99.8 cm³/mol. The van der Waals surface area contributed by atoms with Crippen molar-refractivity contribution in [2.45, 2.75) is 39.7 Å². The number of rotatable bonds is 3. The number of nitrogens with zero attached hydrogens (tertiary/aromatic N) is 1. The zero-order valence-electron chi connectivity index (χ0n) is 14.2. The van der Waals surface area contributed by atoms with Crippen LogP contribution in [0.4, 0.5) is 10.5 Å². The molecule has 0 spiro atoms. The summed E-state index contributed by atoms with van der Waals surface area (Å²) in [4.78, 5) is 14.7. The molecule has 0 saturated carbocycles. The Balaban J connectivity index is 1.82. The number of hydrogen-bond donors (Lipinski definition) is 1. The lowest BCUT2D eigenvalue weighted by molar-refractivity contribution is 0.206. The Hall–Kier alpha value is -2.00. The van der Waals surface area contributed by atoms with Gasteiger partial charge in [0.05, 0.1) is 5.69 Å². The standard InChI is InChI=1S/C20H23ClN2O/c1-3-14-9-10-18(21)17(4-2)19(14)22-20(24)23-12-11-15-7-5-6-8-16(15)13-23/h5-10H,3-4,11-13H2,1-2H3,(H,22,24). The number of aryl methyl sites for hydroxylation is 1. The summed E-state index contributed by atoms with van der Waals surface area (Å²) in [7, 11) is 0. The van der Waals surface area contributed by atoms with Crippen molar-refractivity contribution in [3.63, 3.8) is 0 Å². The van der Waals surface area contributed by atoms with E-state index in [1.54, 1.807) is 0 Å². The van der Waals surface area contributed by atoms with Crippen LogP contribution in [0.3, 0.4) is 0 Å². The molecule has 4 heteroatoms. The summed E-state index contributed by atoms with van der Waals surface area (Å²) in [6.07, 6.45) is 2.56. The molecule has 0 bridgehead atoms. The normalized spacial score (nSPS) is 13.5. The number of halogens is 1. The second-order valence-electron chi connectivity index (χ2n) is 6.14.